The maximum atomic E-state index is 13.7. The highest BCUT2D eigenvalue weighted by molar-refractivity contribution is 5.76. The van der Waals surface area contributed by atoms with Crippen LogP contribution in [0.4, 0.5) is 4.39 Å². The molecule has 0 saturated heterocycles. The van der Waals surface area contributed by atoms with Crippen molar-refractivity contribution in [1.29, 1.82) is 0 Å². The van der Waals surface area contributed by atoms with Crippen molar-refractivity contribution in [2.75, 3.05) is 13.6 Å². The van der Waals surface area contributed by atoms with Crippen molar-refractivity contribution in [2.24, 2.45) is 0 Å². The van der Waals surface area contributed by atoms with Crippen LogP contribution in [-0.4, -0.2) is 30.4 Å². The van der Waals surface area contributed by atoms with Gasteiger partial charge < -0.3 is 10.2 Å². The molecule has 1 N–H and O–H groups in total. The first-order valence-electron chi connectivity index (χ1n) is 6.90. The van der Waals surface area contributed by atoms with Crippen LogP contribution in [0.5, 0.6) is 0 Å². The van der Waals surface area contributed by atoms with Crippen molar-refractivity contribution in [3.05, 3.63) is 35.6 Å². The molecule has 0 heterocycles. The van der Waals surface area contributed by atoms with E-state index in [1.165, 1.54) is 6.07 Å². The number of hydrogen-bond acceptors (Lipinski definition) is 2. The largest absolute Gasteiger partial charge is 0.335 e. The van der Waals surface area contributed by atoms with Gasteiger partial charge in [-0.1, -0.05) is 18.2 Å². The Morgan fingerprint density at radius 1 is 1.42 bits per heavy atom. The van der Waals surface area contributed by atoms with Gasteiger partial charge in [-0.3, -0.25) is 4.79 Å². The number of hydrogen-bond donors (Lipinski definition) is 1. The van der Waals surface area contributed by atoms with Crippen molar-refractivity contribution >= 4 is 5.91 Å². The second kappa shape index (κ2) is 6.66. The van der Waals surface area contributed by atoms with Gasteiger partial charge in [-0.2, -0.15) is 0 Å². The normalized spacial score (nSPS) is 14.4. The molecule has 1 aromatic carbocycles. The van der Waals surface area contributed by atoms with E-state index in [1.54, 1.807) is 12.1 Å². The first kappa shape index (κ1) is 14.0. The van der Waals surface area contributed by atoms with Crippen molar-refractivity contribution in [3.8, 4) is 0 Å². The molecule has 1 aromatic rings. The summed E-state index contributed by atoms with van der Waals surface area (Å²) in [6, 6.07) is 7.02. The number of nitrogens with zero attached hydrogens (tertiary/aromatic N) is 1. The van der Waals surface area contributed by atoms with Gasteiger partial charge >= 0.3 is 0 Å². The fourth-order valence-corrected chi connectivity index (χ4v) is 2.18. The van der Waals surface area contributed by atoms with E-state index in [4.69, 9.17) is 0 Å². The standard InChI is InChI=1S/C15H21FN2O/c1-17-10-4-7-15(19)18(13-8-9-13)11-12-5-2-3-6-14(12)16/h2-3,5-6,13,17H,4,7-11H2,1H3. The number of carbonyl (C=O) groups excluding carboxylic acids is 1. The number of amides is 1. The van der Waals surface area contributed by atoms with Crippen LogP contribution in [-0.2, 0) is 11.3 Å². The molecule has 1 amide bonds. The van der Waals surface area contributed by atoms with E-state index in [2.05, 4.69) is 5.32 Å². The lowest BCUT2D eigenvalue weighted by Gasteiger charge is -2.23. The SMILES string of the molecule is CNCCCC(=O)N(Cc1ccccc1F)C1CC1. The maximum Gasteiger partial charge on any atom is 0.223 e. The number of halogens is 1. The van der Waals surface area contributed by atoms with Crippen LogP contribution >= 0.6 is 0 Å². The van der Waals surface area contributed by atoms with Crippen molar-refractivity contribution in [3.63, 3.8) is 0 Å². The van der Waals surface area contributed by atoms with Gasteiger partial charge in [0.25, 0.3) is 0 Å². The zero-order valence-corrected chi connectivity index (χ0v) is 11.4. The second-order valence-corrected chi connectivity index (χ2v) is 5.05. The van der Waals surface area contributed by atoms with E-state index < -0.39 is 0 Å². The highest BCUT2D eigenvalue weighted by atomic mass is 19.1. The van der Waals surface area contributed by atoms with Crippen LogP contribution < -0.4 is 5.32 Å². The summed E-state index contributed by atoms with van der Waals surface area (Å²) in [5.41, 5.74) is 0.608. The van der Waals surface area contributed by atoms with Gasteiger partial charge in [0.1, 0.15) is 5.82 Å². The molecule has 0 unspecified atom stereocenters. The molecule has 0 aromatic heterocycles. The van der Waals surface area contributed by atoms with Gasteiger partial charge in [-0.25, -0.2) is 4.39 Å². The summed E-state index contributed by atoms with van der Waals surface area (Å²) in [6.07, 6.45) is 3.46. The Morgan fingerprint density at radius 2 is 2.16 bits per heavy atom. The third-order valence-corrected chi connectivity index (χ3v) is 3.42. The lowest BCUT2D eigenvalue weighted by Crippen LogP contribution is -2.33. The lowest BCUT2D eigenvalue weighted by atomic mass is 10.2. The first-order valence-corrected chi connectivity index (χ1v) is 6.90. The van der Waals surface area contributed by atoms with Crippen LogP contribution in [0, 0.1) is 5.82 Å². The Kier molecular flexibility index (Phi) is 4.91. The molecule has 2 rings (SSSR count). The van der Waals surface area contributed by atoms with Gasteiger partial charge in [0.2, 0.25) is 5.91 Å². The number of carbonyl (C=O) groups is 1. The Hall–Kier alpha value is -1.42. The summed E-state index contributed by atoms with van der Waals surface area (Å²) in [4.78, 5) is 14.0. The van der Waals surface area contributed by atoms with Crippen molar-refractivity contribution in [1.82, 2.24) is 10.2 Å². The van der Waals surface area contributed by atoms with Gasteiger partial charge in [0.05, 0.1) is 0 Å². The van der Waals surface area contributed by atoms with Gasteiger partial charge in [-0.15, -0.1) is 0 Å². The van der Waals surface area contributed by atoms with Crippen LogP contribution in [0.25, 0.3) is 0 Å². The molecule has 1 aliphatic carbocycles. The summed E-state index contributed by atoms with van der Waals surface area (Å²) in [5.74, 6) is -0.0859. The number of nitrogens with one attached hydrogen (secondary N) is 1. The molecule has 1 saturated carbocycles. The molecule has 0 atom stereocenters. The molecule has 0 spiro atoms. The minimum Gasteiger partial charge on any atom is -0.335 e. The smallest absolute Gasteiger partial charge is 0.223 e. The molecule has 0 radical (unpaired) electrons. The first-order chi connectivity index (χ1) is 9.22. The number of rotatable bonds is 7. The third-order valence-electron chi connectivity index (χ3n) is 3.42. The second-order valence-electron chi connectivity index (χ2n) is 5.05. The summed E-state index contributed by atoms with van der Waals surface area (Å²) >= 11 is 0. The summed E-state index contributed by atoms with van der Waals surface area (Å²) < 4.78 is 13.7. The Balaban J connectivity index is 1.96. The summed E-state index contributed by atoms with van der Waals surface area (Å²) in [6.45, 7) is 1.24. The van der Waals surface area contributed by atoms with Gasteiger partial charge in [0.15, 0.2) is 0 Å². The lowest BCUT2D eigenvalue weighted by molar-refractivity contribution is -0.132. The minimum absolute atomic E-state index is 0.140. The highest BCUT2D eigenvalue weighted by Gasteiger charge is 2.32. The third kappa shape index (κ3) is 4.03. The molecule has 19 heavy (non-hydrogen) atoms. The summed E-state index contributed by atoms with van der Waals surface area (Å²) in [7, 11) is 1.88. The molecule has 3 nitrogen and oxygen atoms in total. The van der Waals surface area contributed by atoms with Gasteiger partial charge in [-0.05, 0) is 38.9 Å². The molecule has 1 aliphatic rings. The van der Waals surface area contributed by atoms with E-state index >= 15 is 0 Å². The van der Waals surface area contributed by atoms with E-state index in [1.807, 2.05) is 18.0 Å². The predicted molar refractivity (Wildman–Crippen MR) is 73.1 cm³/mol. The van der Waals surface area contributed by atoms with Crippen LogP contribution in [0.2, 0.25) is 0 Å². The Bertz CT molecular complexity index is 432. The Labute approximate surface area is 113 Å². The fraction of sp³-hybridized carbons (Fsp3) is 0.533. The average molecular weight is 264 g/mol. The van der Waals surface area contributed by atoms with Crippen LogP contribution in [0.3, 0.4) is 0 Å². The van der Waals surface area contributed by atoms with E-state index in [-0.39, 0.29) is 11.7 Å². The number of benzene rings is 1. The predicted octanol–water partition coefficient (Wildman–Crippen LogP) is 2.32. The van der Waals surface area contributed by atoms with E-state index in [0.717, 1.165) is 25.8 Å². The van der Waals surface area contributed by atoms with E-state index in [9.17, 15) is 9.18 Å². The topological polar surface area (TPSA) is 32.3 Å². The zero-order chi connectivity index (χ0) is 13.7. The molecular weight excluding hydrogens is 243 g/mol. The molecule has 0 aliphatic heterocycles. The maximum absolute atomic E-state index is 13.7. The molecular formula is C15H21FN2O. The molecule has 4 heteroatoms. The fourth-order valence-electron chi connectivity index (χ4n) is 2.18. The minimum atomic E-state index is -0.226. The monoisotopic (exact) mass is 264 g/mol. The van der Waals surface area contributed by atoms with Crippen molar-refractivity contribution in [2.45, 2.75) is 38.3 Å². The molecule has 1 fully saturated rings. The zero-order valence-electron chi connectivity index (χ0n) is 11.4. The molecule has 0 bridgehead atoms. The van der Waals surface area contributed by atoms with Crippen LogP contribution in [0.15, 0.2) is 24.3 Å². The molecule has 104 valence electrons. The van der Waals surface area contributed by atoms with Crippen LogP contribution in [0.1, 0.15) is 31.2 Å². The quantitative estimate of drug-likeness (QED) is 0.767. The van der Waals surface area contributed by atoms with Gasteiger partial charge in [0, 0.05) is 24.6 Å². The average Bonchev–Trinajstić information content (AvgIpc) is 3.22. The highest BCUT2D eigenvalue weighted by Crippen LogP contribution is 2.29. The van der Waals surface area contributed by atoms with Crippen molar-refractivity contribution < 1.29 is 9.18 Å². The summed E-state index contributed by atoms with van der Waals surface area (Å²) in [5, 5.41) is 3.03. The van der Waals surface area contributed by atoms with E-state index in [0.29, 0.717) is 24.6 Å². The Morgan fingerprint density at radius 3 is 2.79 bits per heavy atom.